The highest BCUT2D eigenvalue weighted by Crippen LogP contribution is 2.16. The minimum atomic E-state index is -3.06. The van der Waals surface area contributed by atoms with Crippen LogP contribution in [-0.4, -0.2) is 44.8 Å². The first-order valence-corrected chi connectivity index (χ1v) is 8.51. The molecule has 0 saturated carbocycles. The molecule has 1 heterocycles. The van der Waals surface area contributed by atoms with Crippen molar-refractivity contribution >= 4 is 10.0 Å². The zero-order valence-corrected chi connectivity index (χ0v) is 12.1. The van der Waals surface area contributed by atoms with E-state index in [1.165, 1.54) is 16.1 Å². The molecule has 0 spiro atoms. The summed E-state index contributed by atoms with van der Waals surface area (Å²) < 4.78 is 30.0. The Morgan fingerprint density at radius 2 is 2.05 bits per heavy atom. The highest BCUT2D eigenvalue weighted by molar-refractivity contribution is 7.88. The fraction of sp³-hybridized carbons (Fsp3) is 0.571. The molecular formula is C14H21NO3S. The lowest BCUT2D eigenvalue weighted by atomic mass is 10.1. The van der Waals surface area contributed by atoms with Crippen LogP contribution in [0.25, 0.3) is 0 Å². The van der Waals surface area contributed by atoms with E-state index < -0.39 is 10.0 Å². The molecule has 1 aromatic carbocycles. The first-order valence-electron chi connectivity index (χ1n) is 6.66. The standard InChI is InChI=1S/C14H21NO3S/c1-19(16,17)15-10-9-14(12-15)18-11-5-8-13-6-3-2-4-7-13/h2-4,6-7,14H,5,8-12H2,1H3/t14-/m1/s1. The van der Waals surface area contributed by atoms with Crippen LogP contribution in [0.3, 0.4) is 0 Å². The maximum atomic E-state index is 11.4. The number of hydrogen-bond acceptors (Lipinski definition) is 3. The minimum absolute atomic E-state index is 0.0606. The van der Waals surface area contributed by atoms with E-state index in [-0.39, 0.29) is 6.10 Å². The van der Waals surface area contributed by atoms with E-state index in [1.807, 2.05) is 18.2 Å². The third kappa shape index (κ3) is 4.60. The van der Waals surface area contributed by atoms with Gasteiger partial charge in [-0.2, -0.15) is 4.31 Å². The van der Waals surface area contributed by atoms with Crippen LogP contribution in [0.15, 0.2) is 30.3 Å². The molecule has 19 heavy (non-hydrogen) atoms. The summed E-state index contributed by atoms with van der Waals surface area (Å²) in [4.78, 5) is 0. The zero-order chi connectivity index (χ0) is 13.7. The second-order valence-electron chi connectivity index (χ2n) is 4.99. The first-order chi connectivity index (χ1) is 9.05. The van der Waals surface area contributed by atoms with E-state index >= 15 is 0 Å². The molecular weight excluding hydrogens is 262 g/mol. The Morgan fingerprint density at radius 3 is 2.68 bits per heavy atom. The van der Waals surface area contributed by atoms with E-state index in [1.54, 1.807) is 0 Å². The predicted molar refractivity (Wildman–Crippen MR) is 75.5 cm³/mol. The van der Waals surface area contributed by atoms with Crippen molar-refractivity contribution in [3.8, 4) is 0 Å². The van der Waals surface area contributed by atoms with Crippen LogP contribution >= 0.6 is 0 Å². The van der Waals surface area contributed by atoms with E-state index in [0.29, 0.717) is 19.7 Å². The Balaban J connectivity index is 1.65. The van der Waals surface area contributed by atoms with E-state index in [4.69, 9.17) is 4.74 Å². The van der Waals surface area contributed by atoms with Crippen LogP contribution in [-0.2, 0) is 21.2 Å². The van der Waals surface area contributed by atoms with Crippen LogP contribution < -0.4 is 0 Å². The quantitative estimate of drug-likeness (QED) is 0.746. The molecule has 0 N–H and O–H groups in total. The average molecular weight is 283 g/mol. The summed E-state index contributed by atoms with van der Waals surface area (Å²) in [7, 11) is -3.06. The summed E-state index contributed by atoms with van der Waals surface area (Å²) in [6.07, 6.45) is 4.09. The molecule has 1 atom stereocenters. The minimum Gasteiger partial charge on any atom is -0.377 e. The maximum Gasteiger partial charge on any atom is 0.211 e. The van der Waals surface area contributed by atoms with Gasteiger partial charge in [-0.3, -0.25) is 0 Å². The van der Waals surface area contributed by atoms with Crippen molar-refractivity contribution in [3.63, 3.8) is 0 Å². The van der Waals surface area contributed by atoms with Gasteiger partial charge in [0.2, 0.25) is 10.0 Å². The van der Waals surface area contributed by atoms with Gasteiger partial charge in [0.1, 0.15) is 0 Å². The SMILES string of the molecule is CS(=O)(=O)N1CC[C@@H](OCCCc2ccccc2)C1. The van der Waals surface area contributed by atoms with Crippen LogP contribution in [0.1, 0.15) is 18.4 Å². The molecule has 0 bridgehead atoms. The van der Waals surface area contributed by atoms with Crippen LogP contribution in [0, 0.1) is 0 Å². The highest BCUT2D eigenvalue weighted by Gasteiger charge is 2.28. The molecule has 2 rings (SSSR count). The lowest BCUT2D eigenvalue weighted by Gasteiger charge is -2.14. The normalized spacial score (nSPS) is 20.8. The molecule has 1 aliphatic rings. The van der Waals surface area contributed by atoms with E-state index in [0.717, 1.165) is 19.3 Å². The third-order valence-electron chi connectivity index (χ3n) is 3.38. The van der Waals surface area contributed by atoms with E-state index in [2.05, 4.69) is 12.1 Å². The summed E-state index contributed by atoms with van der Waals surface area (Å²) in [6, 6.07) is 10.3. The molecule has 1 aromatic rings. The number of rotatable bonds is 6. The molecule has 0 unspecified atom stereocenters. The van der Waals surface area contributed by atoms with Crippen molar-refractivity contribution in [2.45, 2.75) is 25.4 Å². The molecule has 4 nitrogen and oxygen atoms in total. The molecule has 0 aromatic heterocycles. The van der Waals surface area contributed by atoms with Gasteiger partial charge in [0, 0.05) is 19.7 Å². The average Bonchev–Trinajstić information content (AvgIpc) is 2.85. The molecule has 106 valence electrons. The maximum absolute atomic E-state index is 11.4. The second-order valence-corrected chi connectivity index (χ2v) is 6.97. The summed E-state index contributed by atoms with van der Waals surface area (Å²) >= 11 is 0. The highest BCUT2D eigenvalue weighted by atomic mass is 32.2. The Labute approximate surface area is 115 Å². The predicted octanol–water partition coefficient (Wildman–Crippen LogP) is 1.67. The van der Waals surface area contributed by atoms with Crippen LogP contribution in [0.4, 0.5) is 0 Å². The molecule has 0 aliphatic carbocycles. The monoisotopic (exact) mass is 283 g/mol. The third-order valence-corrected chi connectivity index (χ3v) is 4.65. The number of nitrogens with zero attached hydrogens (tertiary/aromatic N) is 1. The number of ether oxygens (including phenoxy) is 1. The fourth-order valence-electron chi connectivity index (χ4n) is 2.31. The van der Waals surface area contributed by atoms with Gasteiger partial charge in [0.05, 0.1) is 12.4 Å². The number of aryl methyl sites for hydroxylation is 1. The Bertz CT molecular complexity index is 487. The molecule has 1 fully saturated rings. The Hall–Kier alpha value is -0.910. The van der Waals surface area contributed by atoms with Gasteiger partial charge in [-0.25, -0.2) is 8.42 Å². The Kier molecular flexibility index (Phi) is 4.96. The number of hydrogen-bond donors (Lipinski definition) is 0. The number of sulfonamides is 1. The van der Waals surface area contributed by atoms with Gasteiger partial charge in [0.25, 0.3) is 0 Å². The van der Waals surface area contributed by atoms with Gasteiger partial charge in [-0.1, -0.05) is 30.3 Å². The molecule has 0 amide bonds. The van der Waals surface area contributed by atoms with Gasteiger partial charge in [-0.05, 0) is 24.8 Å². The van der Waals surface area contributed by atoms with Crippen molar-refractivity contribution in [2.24, 2.45) is 0 Å². The second kappa shape index (κ2) is 6.50. The number of benzene rings is 1. The lowest BCUT2D eigenvalue weighted by Crippen LogP contribution is -2.29. The molecule has 1 saturated heterocycles. The summed E-state index contributed by atoms with van der Waals surface area (Å²) in [5.41, 5.74) is 1.32. The first kappa shape index (κ1) is 14.5. The molecule has 5 heteroatoms. The van der Waals surface area contributed by atoms with E-state index in [9.17, 15) is 8.42 Å². The molecule has 1 aliphatic heterocycles. The van der Waals surface area contributed by atoms with Gasteiger partial charge >= 0.3 is 0 Å². The lowest BCUT2D eigenvalue weighted by molar-refractivity contribution is 0.0621. The van der Waals surface area contributed by atoms with Crippen molar-refractivity contribution in [1.82, 2.24) is 4.31 Å². The fourth-order valence-corrected chi connectivity index (χ4v) is 3.18. The summed E-state index contributed by atoms with van der Waals surface area (Å²) in [5.74, 6) is 0. The van der Waals surface area contributed by atoms with Gasteiger partial charge in [-0.15, -0.1) is 0 Å². The van der Waals surface area contributed by atoms with Gasteiger partial charge < -0.3 is 4.74 Å². The smallest absolute Gasteiger partial charge is 0.211 e. The molecule has 0 radical (unpaired) electrons. The van der Waals surface area contributed by atoms with Gasteiger partial charge in [0.15, 0.2) is 0 Å². The van der Waals surface area contributed by atoms with Crippen LogP contribution in [0.5, 0.6) is 0 Å². The van der Waals surface area contributed by atoms with Crippen molar-refractivity contribution in [3.05, 3.63) is 35.9 Å². The van der Waals surface area contributed by atoms with Crippen LogP contribution in [0.2, 0.25) is 0 Å². The largest absolute Gasteiger partial charge is 0.377 e. The topological polar surface area (TPSA) is 46.6 Å². The zero-order valence-electron chi connectivity index (χ0n) is 11.3. The van der Waals surface area contributed by atoms with Crippen molar-refractivity contribution < 1.29 is 13.2 Å². The van der Waals surface area contributed by atoms with Crippen molar-refractivity contribution in [1.29, 1.82) is 0 Å². The van der Waals surface area contributed by atoms with Crippen molar-refractivity contribution in [2.75, 3.05) is 26.0 Å². The summed E-state index contributed by atoms with van der Waals surface area (Å²) in [6.45, 7) is 1.78. The summed E-state index contributed by atoms with van der Waals surface area (Å²) in [5, 5.41) is 0. The Morgan fingerprint density at radius 1 is 1.32 bits per heavy atom.